The van der Waals surface area contributed by atoms with Crippen molar-refractivity contribution in [2.75, 3.05) is 0 Å². The maximum absolute atomic E-state index is 8.70. The summed E-state index contributed by atoms with van der Waals surface area (Å²) in [7, 11) is 0. The summed E-state index contributed by atoms with van der Waals surface area (Å²) in [6, 6.07) is 11.3. The summed E-state index contributed by atoms with van der Waals surface area (Å²) in [5.74, 6) is 6.12. The molecular formula is C18H18ClNS. The Labute approximate surface area is 136 Å². The van der Waals surface area contributed by atoms with Gasteiger partial charge in [0.1, 0.15) is 4.34 Å². The van der Waals surface area contributed by atoms with Crippen LogP contribution in [0.3, 0.4) is 0 Å². The van der Waals surface area contributed by atoms with Crippen LogP contribution in [-0.2, 0) is 6.42 Å². The SMILES string of the molecule is CCC.CCc1cc(C#Cc2ccc(C#N)cc2)c(Cl)s1. The van der Waals surface area contributed by atoms with Crippen LogP contribution in [0.5, 0.6) is 0 Å². The molecule has 0 atom stereocenters. The van der Waals surface area contributed by atoms with Crippen molar-refractivity contribution in [1.29, 1.82) is 5.26 Å². The lowest BCUT2D eigenvalue weighted by atomic mass is 10.1. The molecule has 108 valence electrons. The van der Waals surface area contributed by atoms with Crippen LogP contribution < -0.4 is 0 Å². The van der Waals surface area contributed by atoms with E-state index in [1.165, 1.54) is 11.3 Å². The van der Waals surface area contributed by atoms with E-state index in [2.05, 4.69) is 38.7 Å². The number of halogens is 1. The lowest BCUT2D eigenvalue weighted by Crippen LogP contribution is -1.77. The monoisotopic (exact) mass is 315 g/mol. The van der Waals surface area contributed by atoms with Crippen molar-refractivity contribution in [3.05, 3.63) is 56.2 Å². The van der Waals surface area contributed by atoms with Crippen LogP contribution in [0.2, 0.25) is 4.34 Å². The van der Waals surface area contributed by atoms with Crippen molar-refractivity contribution in [1.82, 2.24) is 0 Å². The molecule has 1 nitrogen and oxygen atoms in total. The maximum Gasteiger partial charge on any atom is 0.109 e. The topological polar surface area (TPSA) is 23.8 Å². The van der Waals surface area contributed by atoms with Gasteiger partial charge in [-0.05, 0) is 36.8 Å². The predicted molar refractivity (Wildman–Crippen MR) is 91.8 cm³/mol. The Hall–Kier alpha value is -1.74. The lowest BCUT2D eigenvalue weighted by Gasteiger charge is -1.89. The van der Waals surface area contributed by atoms with Gasteiger partial charge in [-0.25, -0.2) is 0 Å². The van der Waals surface area contributed by atoms with Gasteiger partial charge < -0.3 is 0 Å². The van der Waals surface area contributed by atoms with E-state index in [0.717, 1.165) is 21.9 Å². The van der Waals surface area contributed by atoms with E-state index in [1.54, 1.807) is 23.5 Å². The van der Waals surface area contributed by atoms with E-state index in [9.17, 15) is 0 Å². The highest BCUT2D eigenvalue weighted by Gasteiger charge is 2.02. The Kier molecular flexibility index (Phi) is 7.62. The van der Waals surface area contributed by atoms with Crippen molar-refractivity contribution in [3.63, 3.8) is 0 Å². The van der Waals surface area contributed by atoms with Gasteiger partial charge in [-0.15, -0.1) is 11.3 Å². The molecule has 3 heteroatoms. The lowest BCUT2D eigenvalue weighted by molar-refractivity contribution is 1.09. The number of nitriles is 1. The Morgan fingerprint density at radius 2 is 1.62 bits per heavy atom. The summed E-state index contributed by atoms with van der Waals surface area (Å²) >= 11 is 7.69. The standard InChI is InChI=1S/C15H10ClNS.C3H8/c1-2-14-9-13(15(16)18-14)8-7-11-3-5-12(10-17)6-4-11;1-3-2/h3-6,9H,2H2,1H3;3H2,1-2H3. The highest BCUT2D eigenvalue weighted by molar-refractivity contribution is 7.16. The second-order valence-electron chi connectivity index (χ2n) is 4.40. The molecule has 0 aliphatic rings. The Bertz CT molecular complexity index is 666. The fraction of sp³-hybridized carbons (Fsp3) is 0.278. The average molecular weight is 316 g/mol. The second kappa shape index (κ2) is 9.24. The zero-order valence-corrected chi connectivity index (χ0v) is 14.1. The van der Waals surface area contributed by atoms with Crippen LogP contribution in [-0.4, -0.2) is 0 Å². The number of hydrogen-bond acceptors (Lipinski definition) is 2. The largest absolute Gasteiger partial charge is 0.192 e. The average Bonchev–Trinajstić information content (AvgIpc) is 2.87. The van der Waals surface area contributed by atoms with E-state index in [4.69, 9.17) is 16.9 Å². The minimum atomic E-state index is 0.641. The first-order chi connectivity index (χ1) is 10.1. The molecule has 21 heavy (non-hydrogen) atoms. The number of hydrogen-bond donors (Lipinski definition) is 0. The summed E-state index contributed by atoms with van der Waals surface area (Å²) < 4.78 is 0.744. The summed E-state index contributed by atoms with van der Waals surface area (Å²) in [6.45, 7) is 6.35. The molecule has 0 aliphatic heterocycles. The molecule has 0 fully saturated rings. The molecule has 1 aromatic heterocycles. The van der Waals surface area contributed by atoms with E-state index in [0.29, 0.717) is 5.56 Å². The molecule has 0 unspecified atom stereocenters. The van der Waals surface area contributed by atoms with Gasteiger partial charge >= 0.3 is 0 Å². The number of nitrogens with zero attached hydrogens (tertiary/aromatic N) is 1. The van der Waals surface area contributed by atoms with Crippen molar-refractivity contribution in [3.8, 4) is 17.9 Å². The van der Waals surface area contributed by atoms with Gasteiger partial charge in [0.2, 0.25) is 0 Å². The van der Waals surface area contributed by atoms with Gasteiger partial charge in [-0.2, -0.15) is 5.26 Å². The van der Waals surface area contributed by atoms with E-state index in [-0.39, 0.29) is 0 Å². The van der Waals surface area contributed by atoms with Gasteiger partial charge in [-0.3, -0.25) is 0 Å². The molecule has 1 aromatic carbocycles. The Morgan fingerprint density at radius 3 is 2.10 bits per heavy atom. The number of thiophene rings is 1. The van der Waals surface area contributed by atoms with Gasteiger partial charge in [0.05, 0.1) is 17.2 Å². The van der Waals surface area contributed by atoms with Crippen LogP contribution in [0.4, 0.5) is 0 Å². The maximum atomic E-state index is 8.70. The van der Waals surface area contributed by atoms with E-state index >= 15 is 0 Å². The molecule has 0 N–H and O–H groups in total. The molecule has 0 aliphatic carbocycles. The molecule has 0 saturated heterocycles. The zero-order valence-electron chi connectivity index (χ0n) is 12.5. The second-order valence-corrected chi connectivity index (χ2v) is 6.14. The number of rotatable bonds is 1. The van der Waals surface area contributed by atoms with Gasteiger partial charge in [0, 0.05) is 10.4 Å². The van der Waals surface area contributed by atoms with Gasteiger partial charge in [0.25, 0.3) is 0 Å². The van der Waals surface area contributed by atoms with Crippen LogP contribution in [0, 0.1) is 23.2 Å². The Balaban J connectivity index is 0.000000677. The van der Waals surface area contributed by atoms with Crippen molar-refractivity contribution >= 4 is 22.9 Å². The summed E-state index contributed by atoms with van der Waals surface area (Å²) in [5, 5.41) is 8.70. The minimum absolute atomic E-state index is 0.641. The highest BCUT2D eigenvalue weighted by Crippen LogP contribution is 2.27. The van der Waals surface area contributed by atoms with Crippen LogP contribution in [0.1, 0.15) is 48.8 Å². The summed E-state index contributed by atoms with van der Waals surface area (Å²) in [5.41, 5.74) is 2.40. The smallest absolute Gasteiger partial charge is 0.109 e. The normalized spacial score (nSPS) is 8.90. The fourth-order valence-electron chi connectivity index (χ4n) is 1.44. The predicted octanol–water partition coefficient (Wildman–Crippen LogP) is 5.65. The molecular weight excluding hydrogens is 298 g/mol. The third kappa shape index (κ3) is 5.64. The number of aryl methyl sites for hydroxylation is 1. The zero-order chi connectivity index (χ0) is 15.7. The third-order valence-corrected chi connectivity index (χ3v) is 3.94. The molecule has 0 amide bonds. The van der Waals surface area contributed by atoms with Crippen LogP contribution >= 0.6 is 22.9 Å². The molecule has 0 radical (unpaired) electrons. The summed E-state index contributed by atoms with van der Waals surface area (Å²) in [4.78, 5) is 1.24. The highest BCUT2D eigenvalue weighted by atomic mass is 35.5. The van der Waals surface area contributed by atoms with E-state index in [1.807, 2.05) is 18.2 Å². The molecule has 0 bridgehead atoms. The van der Waals surface area contributed by atoms with Gasteiger partial charge in [0.15, 0.2) is 0 Å². The summed E-state index contributed by atoms with van der Waals surface area (Å²) in [6.07, 6.45) is 2.23. The quantitative estimate of drug-likeness (QED) is 0.624. The minimum Gasteiger partial charge on any atom is -0.192 e. The first-order valence-electron chi connectivity index (χ1n) is 6.94. The molecule has 0 saturated carbocycles. The van der Waals surface area contributed by atoms with Crippen molar-refractivity contribution in [2.24, 2.45) is 0 Å². The fourth-order valence-corrected chi connectivity index (χ4v) is 2.61. The molecule has 2 rings (SSSR count). The van der Waals surface area contributed by atoms with Crippen molar-refractivity contribution in [2.45, 2.75) is 33.6 Å². The first kappa shape index (κ1) is 17.3. The van der Waals surface area contributed by atoms with Crippen LogP contribution in [0.25, 0.3) is 0 Å². The Morgan fingerprint density at radius 1 is 1.05 bits per heavy atom. The van der Waals surface area contributed by atoms with Crippen molar-refractivity contribution < 1.29 is 0 Å². The molecule has 1 heterocycles. The third-order valence-electron chi connectivity index (χ3n) is 2.44. The molecule has 0 spiro atoms. The van der Waals surface area contributed by atoms with Crippen LogP contribution in [0.15, 0.2) is 30.3 Å². The van der Waals surface area contributed by atoms with E-state index < -0.39 is 0 Å². The van der Waals surface area contributed by atoms with Gasteiger partial charge in [-0.1, -0.05) is 50.6 Å². The first-order valence-corrected chi connectivity index (χ1v) is 8.14. The molecule has 2 aromatic rings. The number of benzene rings is 1.